The zero-order chi connectivity index (χ0) is 9.52. The van der Waals surface area contributed by atoms with Crippen molar-refractivity contribution in [2.75, 3.05) is 19.7 Å². The van der Waals surface area contributed by atoms with Crippen LogP contribution in [0.15, 0.2) is 0 Å². The van der Waals surface area contributed by atoms with Gasteiger partial charge in [-0.3, -0.25) is 0 Å². The second-order valence-corrected chi connectivity index (χ2v) is 3.23. The van der Waals surface area contributed by atoms with Crippen LogP contribution in [0.1, 0.15) is 26.2 Å². The standard InChI is InChI=1S/C9H18N2O2/c1-2-13-9(12)11-7-3-6-10-8-4-5-8/h8,10H,2-7H2,1H3,(H,11,12). The zero-order valence-electron chi connectivity index (χ0n) is 8.14. The first-order chi connectivity index (χ1) is 6.33. The van der Waals surface area contributed by atoms with E-state index in [0.717, 1.165) is 19.0 Å². The van der Waals surface area contributed by atoms with Gasteiger partial charge in [-0.1, -0.05) is 0 Å². The summed E-state index contributed by atoms with van der Waals surface area (Å²) in [4.78, 5) is 10.8. The van der Waals surface area contributed by atoms with Gasteiger partial charge in [0.05, 0.1) is 6.61 Å². The van der Waals surface area contributed by atoms with E-state index >= 15 is 0 Å². The highest BCUT2D eigenvalue weighted by Crippen LogP contribution is 2.18. The zero-order valence-corrected chi connectivity index (χ0v) is 8.14. The van der Waals surface area contributed by atoms with Gasteiger partial charge < -0.3 is 15.4 Å². The van der Waals surface area contributed by atoms with Crippen molar-refractivity contribution in [3.8, 4) is 0 Å². The summed E-state index contributed by atoms with van der Waals surface area (Å²) in [6, 6.07) is 0.752. The van der Waals surface area contributed by atoms with Crippen molar-refractivity contribution in [2.24, 2.45) is 0 Å². The van der Waals surface area contributed by atoms with Crippen LogP contribution >= 0.6 is 0 Å². The highest BCUT2D eigenvalue weighted by Gasteiger charge is 2.19. The summed E-state index contributed by atoms with van der Waals surface area (Å²) in [5, 5.41) is 6.05. The van der Waals surface area contributed by atoms with Gasteiger partial charge in [-0.05, 0) is 32.7 Å². The molecule has 1 rings (SSSR count). The van der Waals surface area contributed by atoms with Crippen LogP contribution in [0.5, 0.6) is 0 Å². The average Bonchev–Trinajstić information content (AvgIpc) is 2.88. The number of carbonyl (C=O) groups is 1. The maximum Gasteiger partial charge on any atom is 0.407 e. The predicted molar refractivity (Wildman–Crippen MR) is 50.7 cm³/mol. The van der Waals surface area contributed by atoms with E-state index in [-0.39, 0.29) is 6.09 Å². The van der Waals surface area contributed by atoms with Crippen molar-refractivity contribution >= 4 is 6.09 Å². The fraction of sp³-hybridized carbons (Fsp3) is 0.889. The molecule has 0 aromatic heterocycles. The molecule has 1 saturated carbocycles. The summed E-state index contributed by atoms with van der Waals surface area (Å²) < 4.78 is 4.71. The molecule has 0 atom stereocenters. The Morgan fingerprint density at radius 1 is 1.46 bits per heavy atom. The molecule has 1 fully saturated rings. The molecule has 0 aromatic rings. The van der Waals surface area contributed by atoms with Crippen LogP contribution in [-0.2, 0) is 4.74 Å². The van der Waals surface area contributed by atoms with E-state index in [4.69, 9.17) is 4.74 Å². The molecule has 1 amide bonds. The minimum atomic E-state index is -0.311. The van der Waals surface area contributed by atoms with Crippen molar-refractivity contribution in [3.63, 3.8) is 0 Å². The van der Waals surface area contributed by atoms with E-state index in [1.165, 1.54) is 12.8 Å². The lowest BCUT2D eigenvalue weighted by Crippen LogP contribution is -2.28. The number of amides is 1. The lowest BCUT2D eigenvalue weighted by Gasteiger charge is -2.05. The third-order valence-corrected chi connectivity index (χ3v) is 1.91. The Bertz CT molecular complexity index is 158. The predicted octanol–water partition coefficient (Wildman–Crippen LogP) is 0.875. The topological polar surface area (TPSA) is 50.4 Å². The van der Waals surface area contributed by atoms with E-state index in [9.17, 15) is 4.79 Å². The normalized spacial score (nSPS) is 15.5. The van der Waals surface area contributed by atoms with Crippen LogP contribution < -0.4 is 10.6 Å². The van der Waals surface area contributed by atoms with Crippen molar-refractivity contribution in [1.82, 2.24) is 10.6 Å². The van der Waals surface area contributed by atoms with Gasteiger partial charge in [0, 0.05) is 12.6 Å². The molecule has 13 heavy (non-hydrogen) atoms. The Kier molecular flexibility index (Phi) is 4.60. The van der Waals surface area contributed by atoms with Crippen molar-refractivity contribution < 1.29 is 9.53 Å². The van der Waals surface area contributed by atoms with E-state index in [2.05, 4.69) is 10.6 Å². The third-order valence-electron chi connectivity index (χ3n) is 1.91. The van der Waals surface area contributed by atoms with Crippen LogP contribution in [0.2, 0.25) is 0 Å². The fourth-order valence-corrected chi connectivity index (χ4v) is 1.05. The van der Waals surface area contributed by atoms with Crippen LogP contribution in [0, 0.1) is 0 Å². The molecule has 76 valence electrons. The number of nitrogens with one attached hydrogen (secondary N) is 2. The van der Waals surface area contributed by atoms with E-state index in [1.54, 1.807) is 6.92 Å². The number of alkyl carbamates (subject to hydrolysis) is 1. The Morgan fingerprint density at radius 2 is 2.23 bits per heavy atom. The first kappa shape index (κ1) is 10.3. The highest BCUT2D eigenvalue weighted by atomic mass is 16.5. The molecule has 2 N–H and O–H groups in total. The average molecular weight is 186 g/mol. The first-order valence-electron chi connectivity index (χ1n) is 4.97. The Balaban J connectivity index is 1.79. The van der Waals surface area contributed by atoms with Crippen LogP contribution in [0.3, 0.4) is 0 Å². The van der Waals surface area contributed by atoms with Gasteiger partial charge in [0.15, 0.2) is 0 Å². The molecule has 1 aliphatic carbocycles. The smallest absolute Gasteiger partial charge is 0.407 e. The van der Waals surface area contributed by atoms with Gasteiger partial charge in [0.1, 0.15) is 0 Å². The lowest BCUT2D eigenvalue weighted by atomic mass is 10.4. The van der Waals surface area contributed by atoms with Gasteiger partial charge in [-0.15, -0.1) is 0 Å². The summed E-state index contributed by atoms with van der Waals surface area (Å²) >= 11 is 0. The molecule has 0 spiro atoms. The Labute approximate surface area is 79.0 Å². The molecule has 0 aliphatic heterocycles. The molecule has 4 nitrogen and oxygen atoms in total. The molecular formula is C9H18N2O2. The molecule has 0 saturated heterocycles. The van der Waals surface area contributed by atoms with Crippen LogP contribution in [-0.4, -0.2) is 31.8 Å². The largest absolute Gasteiger partial charge is 0.450 e. The fourth-order valence-electron chi connectivity index (χ4n) is 1.05. The summed E-state index contributed by atoms with van der Waals surface area (Å²) in [6.07, 6.45) is 3.28. The molecule has 4 heteroatoms. The number of hydrogen-bond donors (Lipinski definition) is 2. The van der Waals surface area contributed by atoms with E-state index < -0.39 is 0 Å². The Morgan fingerprint density at radius 3 is 2.85 bits per heavy atom. The summed E-state index contributed by atoms with van der Waals surface area (Å²) in [6.45, 7) is 3.91. The number of carbonyl (C=O) groups excluding carboxylic acids is 1. The van der Waals surface area contributed by atoms with Gasteiger partial charge in [-0.25, -0.2) is 4.79 Å². The van der Waals surface area contributed by atoms with Crippen molar-refractivity contribution in [3.05, 3.63) is 0 Å². The Hall–Kier alpha value is -0.770. The molecular weight excluding hydrogens is 168 g/mol. The lowest BCUT2D eigenvalue weighted by molar-refractivity contribution is 0.152. The van der Waals surface area contributed by atoms with Crippen LogP contribution in [0.4, 0.5) is 4.79 Å². The van der Waals surface area contributed by atoms with Crippen LogP contribution in [0.25, 0.3) is 0 Å². The van der Waals surface area contributed by atoms with Gasteiger partial charge >= 0.3 is 6.09 Å². The van der Waals surface area contributed by atoms with E-state index in [1.807, 2.05) is 0 Å². The molecule has 0 unspecified atom stereocenters. The van der Waals surface area contributed by atoms with Gasteiger partial charge in [0.25, 0.3) is 0 Å². The second-order valence-electron chi connectivity index (χ2n) is 3.23. The van der Waals surface area contributed by atoms with Gasteiger partial charge in [-0.2, -0.15) is 0 Å². The third kappa shape index (κ3) is 5.47. The first-order valence-corrected chi connectivity index (χ1v) is 4.97. The second kappa shape index (κ2) is 5.80. The molecule has 1 aliphatic rings. The summed E-state index contributed by atoms with van der Waals surface area (Å²) in [5.41, 5.74) is 0. The minimum absolute atomic E-state index is 0.311. The number of hydrogen-bond acceptors (Lipinski definition) is 3. The monoisotopic (exact) mass is 186 g/mol. The number of ether oxygens (including phenoxy) is 1. The summed E-state index contributed by atoms with van der Waals surface area (Å²) in [5.74, 6) is 0. The highest BCUT2D eigenvalue weighted by molar-refractivity contribution is 5.66. The van der Waals surface area contributed by atoms with Crippen molar-refractivity contribution in [2.45, 2.75) is 32.2 Å². The SMILES string of the molecule is CCOC(=O)NCCCNC1CC1. The molecule has 0 bridgehead atoms. The van der Waals surface area contributed by atoms with Crippen molar-refractivity contribution in [1.29, 1.82) is 0 Å². The molecule has 0 aromatic carbocycles. The van der Waals surface area contributed by atoms with E-state index in [0.29, 0.717) is 13.2 Å². The maximum atomic E-state index is 10.8. The molecule has 0 radical (unpaired) electrons. The summed E-state index contributed by atoms with van der Waals surface area (Å²) in [7, 11) is 0. The van der Waals surface area contributed by atoms with Gasteiger partial charge in [0.2, 0.25) is 0 Å². The molecule has 0 heterocycles. The number of rotatable bonds is 6. The quantitative estimate of drug-likeness (QED) is 0.605. The minimum Gasteiger partial charge on any atom is -0.450 e. The maximum absolute atomic E-state index is 10.8.